The van der Waals surface area contributed by atoms with Gasteiger partial charge in [-0.1, -0.05) is 37.6 Å². The number of fused-ring (bicyclic) bond motifs is 1. The molecule has 1 amide bonds. The van der Waals surface area contributed by atoms with E-state index in [-0.39, 0.29) is 11.9 Å². The Morgan fingerprint density at radius 1 is 1.34 bits per heavy atom. The van der Waals surface area contributed by atoms with Crippen LogP contribution in [0.25, 0.3) is 11.4 Å². The van der Waals surface area contributed by atoms with Crippen LogP contribution in [0.3, 0.4) is 0 Å². The largest absolute Gasteiger partial charge is 0.344 e. The van der Waals surface area contributed by atoms with Gasteiger partial charge in [0.05, 0.1) is 6.04 Å². The second-order valence-corrected chi connectivity index (χ2v) is 7.67. The average molecular weight is 393 g/mol. The van der Waals surface area contributed by atoms with Gasteiger partial charge in [-0.3, -0.25) is 9.48 Å². The molecular formula is C22H27N5O2. The maximum Gasteiger partial charge on any atom is 0.270 e. The van der Waals surface area contributed by atoms with E-state index in [1.165, 1.54) is 5.56 Å². The lowest BCUT2D eigenvalue weighted by Gasteiger charge is -2.14. The minimum Gasteiger partial charge on any atom is -0.344 e. The lowest BCUT2D eigenvalue weighted by Crippen LogP contribution is -2.28. The fraction of sp³-hybridized carbons (Fsp3) is 0.455. The Bertz CT molecular complexity index is 1010. The van der Waals surface area contributed by atoms with Gasteiger partial charge in [0, 0.05) is 24.7 Å². The van der Waals surface area contributed by atoms with Gasteiger partial charge < -0.3 is 9.84 Å². The van der Waals surface area contributed by atoms with Crippen molar-refractivity contribution in [1.82, 2.24) is 25.2 Å². The van der Waals surface area contributed by atoms with E-state index in [2.05, 4.69) is 46.5 Å². The summed E-state index contributed by atoms with van der Waals surface area (Å²) < 4.78 is 7.13. The molecule has 0 spiro atoms. The molecule has 0 radical (unpaired) electrons. The smallest absolute Gasteiger partial charge is 0.270 e. The molecule has 0 fully saturated rings. The minimum atomic E-state index is -0.101. The van der Waals surface area contributed by atoms with Gasteiger partial charge >= 0.3 is 0 Å². The summed E-state index contributed by atoms with van der Waals surface area (Å²) in [6.45, 7) is 4.32. The zero-order valence-electron chi connectivity index (χ0n) is 17.2. The summed E-state index contributed by atoms with van der Waals surface area (Å²) >= 11 is 0. The van der Waals surface area contributed by atoms with E-state index < -0.39 is 0 Å². The summed E-state index contributed by atoms with van der Waals surface area (Å²) in [7, 11) is 1.77. The van der Waals surface area contributed by atoms with Crippen molar-refractivity contribution >= 4 is 5.91 Å². The fourth-order valence-electron chi connectivity index (χ4n) is 4.10. The van der Waals surface area contributed by atoms with Crippen molar-refractivity contribution in [2.24, 2.45) is 7.05 Å². The summed E-state index contributed by atoms with van der Waals surface area (Å²) in [5.41, 5.74) is 3.91. The number of aromatic nitrogens is 4. The third-order valence-electron chi connectivity index (χ3n) is 5.76. The first-order chi connectivity index (χ1) is 14.1. The Hall–Kier alpha value is -2.96. The van der Waals surface area contributed by atoms with Crippen LogP contribution in [-0.4, -0.2) is 25.8 Å². The first kappa shape index (κ1) is 19.4. The minimum absolute atomic E-state index is 0.0105. The van der Waals surface area contributed by atoms with E-state index in [0.717, 1.165) is 49.1 Å². The molecular weight excluding hydrogens is 366 g/mol. The topological polar surface area (TPSA) is 85.8 Å². The number of aryl methyl sites for hydroxylation is 2. The van der Waals surface area contributed by atoms with Crippen LogP contribution in [0.5, 0.6) is 0 Å². The van der Waals surface area contributed by atoms with Gasteiger partial charge in [-0.15, -0.1) is 0 Å². The standard InChI is InChI=1S/C22H27N5O2/c1-4-6-14(5-2)22-25-20(26-29-22)16-7-9-17-15(13-16)8-10-18(17)24-21(28)19-11-12-23-27(19)3/h7,9,11-14,18H,4-6,8,10H2,1-3H3,(H,24,28)/t14?,18-/m1/s1. The molecule has 4 rings (SSSR count). The van der Waals surface area contributed by atoms with E-state index in [1.807, 2.05) is 6.07 Å². The highest BCUT2D eigenvalue weighted by Gasteiger charge is 2.26. The second kappa shape index (κ2) is 8.19. The van der Waals surface area contributed by atoms with Crippen molar-refractivity contribution < 1.29 is 9.32 Å². The molecule has 2 heterocycles. The number of carbonyl (C=O) groups excluding carboxylic acids is 1. The number of carbonyl (C=O) groups is 1. The monoisotopic (exact) mass is 393 g/mol. The third kappa shape index (κ3) is 3.81. The van der Waals surface area contributed by atoms with Crippen LogP contribution in [0, 0.1) is 0 Å². The normalized spacial score (nSPS) is 16.6. The molecule has 1 aliphatic rings. The van der Waals surface area contributed by atoms with Gasteiger partial charge in [0.1, 0.15) is 5.69 Å². The summed E-state index contributed by atoms with van der Waals surface area (Å²) in [6.07, 6.45) is 6.58. The summed E-state index contributed by atoms with van der Waals surface area (Å²) in [5.74, 6) is 1.59. The zero-order valence-corrected chi connectivity index (χ0v) is 17.2. The number of nitrogens with one attached hydrogen (secondary N) is 1. The first-order valence-corrected chi connectivity index (χ1v) is 10.4. The molecule has 3 aromatic rings. The molecule has 2 atom stereocenters. The van der Waals surface area contributed by atoms with Crippen molar-refractivity contribution in [2.45, 2.75) is 57.9 Å². The molecule has 1 unspecified atom stereocenters. The Kier molecular flexibility index (Phi) is 5.47. The predicted octanol–water partition coefficient (Wildman–Crippen LogP) is 4.18. The molecule has 0 aliphatic heterocycles. The van der Waals surface area contributed by atoms with E-state index in [4.69, 9.17) is 4.52 Å². The molecule has 1 aliphatic carbocycles. The SMILES string of the molecule is CCCC(CC)c1nc(-c2ccc3c(c2)CC[C@H]3NC(=O)c2ccnn2C)no1. The molecule has 7 nitrogen and oxygen atoms in total. The summed E-state index contributed by atoms with van der Waals surface area (Å²) in [4.78, 5) is 17.2. The highest BCUT2D eigenvalue weighted by Crippen LogP contribution is 2.34. The first-order valence-electron chi connectivity index (χ1n) is 10.4. The molecule has 0 saturated carbocycles. The number of hydrogen-bond donors (Lipinski definition) is 1. The zero-order chi connectivity index (χ0) is 20.4. The Labute approximate surface area is 170 Å². The van der Waals surface area contributed by atoms with Crippen molar-refractivity contribution in [3.05, 3.63) is 53.2 Å². The number of rotatable bonds is 7. The van der Waals surface area contributed by atoms with Crippen molar-refractivity contribution in [3.63, 3.8) is 0 Å². The fourth-order valence-corrected chi connectivity index (χ4v) is 4.10. The van der Waals surface area contributed by atoms with Crippen LogP contribution in [0.2, 0.25) is 0 Å². The molecule has 0 saturated heterocycles. The molecule has 29 heavy (non-hydrogen) atoms. The van der Waals surface area contributed by atoms with E-state index in [0.29, 0.717) is 17.4 Å². The van der Waals surface area contributed by atoms with Crippen LogP contribution >= 0.6 is 0 Å². The van der Waals surface area contributed by atoms with E-state index in [1.54, 1.807) is 24.0 Å². The molecule has 1 aromatic carbocycles. The van der Waals surface area contributed by atoms with Crippen molar-refractivity contribution in [1.29, 1.82) is 0 Å². The Morgan fingerprint density at radius 3 is 2.93 bits per heavy atom. The van der Waals surface area contributed by atoms with Crippen LogP contribution in [-0.2, 0) is 13.5 Å². The molecule has 152 valence electrons. The van der Waals surface area contributed by atoms with Gasteiger partial charge in [-0.2, -0.15) is 10.1 Å². The van der Waals surface area contributed by atoms with E-state index in [9.17, 15) is 4.79 Å². The van der Waals surface area contributed by atoms with Crippen molar-refractivity contribution in [2.75, 3.05) is 0 Å². The average Bonchev–Trinajstić information content (AvgIpc) is 3.46. The Balaban J connectivity index is 1.51. The molecule has 2 aromatic heterocycles. The third-order valence-corrected chi connectivity index (χ3v) is 5.76. The lowest BCUT2D eigenvalue weighted by atomic mass is 10.0. The van der Waals surface area contributed by atoms with E-state index >= 15 is 0 Å². The quantitative estimate of drug-likeness (QED) is 0.651. The molecule has 7 heteroatoms. The Morgan fingerprint density at radius 2 is 2.21 bits per heavy atom. The van der Waals surface area contributed by atoms with Gasteiger partial charge in [-0.25, -0.2) is 0 Å². The number of benzene rings is 1. The van der Waals surface area contributed by atoms with Crippen LogP contribution < -0.4 is 5.32 Å². The van der Waals surface area contributed by atoms with Gasteiger partial charge in [-0.05, 0) is 48.9 Å². The highest BCUT2D eigenvalue weighted by molar-refractivity contribution is 5.92. The summed E-state index contributed by atoms with van der Waals surface area (Å²) in [6, 6.07) is 7.95. The number of hydrogen-bond acceptors (Lipinski definition) is 5. The number of amides is 1. The van der Waals surface area contributed by atoms with Crippen LogP contribution in [0.4, 0.5) is 0 Å². The molecule has 0 bridgehead atoms. The van der Waals surface area contributed by atoms with Gasteiger partial charge in [0.15, 0.2) is 0 Å². The van der Waals surface area contributed by atoms with Gasteiger partial charge in [0.25, 0.3) is 5.91 Å². The van der Waals surface area contributed by atoms with Crippen molar-refractivity contribution in [3.8, 4) is 11.4 Å². The maximum absolute atomic E-state index is 12.5. The number of nitrogens with zero attached hydrogens (tertiary/aromatic N) is 4. The van der Waals surface area contributed by atoms with Gasteiger partial charge in [0.2, 0.25) is 11.7 Å². The predicted molar refractivity (Wildman–Crippen MR) is 109 cm³/mol. The maximum atomic E-state index is 12.5. The summed E-state index contributed by atoms with van der Waals surface area (Å²) in [5, 5.41) is 11.4. The lowest BCUT2D eigenvalue weighted by molar-refractivity contribution is 0.0927. The van der Waals surface area contributed by atoms with Crippen LogP contribution in [0.1, 0.15) is 79.0 Å². The van der Waals surface area contributed by atoms with Crippen LogP contribution in [0.15, 0.2) is 35.0 Å². The molecule has 1 N–H and O–H groups in total. The second-order valence-electron chi connectivity index (χ2n) is 7.67. The highest BCUT2D eigenvalue weighted by atomic mass is 16.5.